The normalized spacial score (nSPS) is 33.3. The van der Waals surface area contributed by atoms with Crippen molar-refractivity contribution < 1.29 is 64.6 Å². The highest BCUT2D eigenvalue weighted by molar-refractivity contribution is 5.76. The molecule has 2 aliphatic heterocycles. The highest BCUT2D eigenvalue weighted by Crippen LogP contribution is 2.29. The van der Waals surface area contributed by atoms with Crippen LogP contribution in [-0.2, 0) is 23.7 Å². The fourth-order valence-corrected chi connectivity index (χ4v) is 5.52. The third-order valence-electron chi connectivity index (χ3n) is 8.47. The lowest BCUT2D eigenvalue weighted by molar-refractivity contribution is -0.359. The lowest BCUT2D eigenvalue weighted by Crippen LogP contribution is -2.65. The van der Waals surface area contributed by atoms with Gasteiger partial charge in [-0.25, -0.2) is 0 Å². The zero-order valence-corrected chi connectivity index (χ0v) is 27.3. The number of allylic oxidation sites excluding steroid dienone is 1. The van der Waals surface area contributed by atoms with E-state index in [1.807, 2.05) is 6.08 Å². The minimum absolute atomic E-state index is 0.258. The molecule has 0 aromatic carbocycles. The van der Waals surface area contributed by atoms with Crippen LogP contribution in [0.3, 0.4) is 0 Å². The summed E-state index contributed by atoms with van der Waals surface area (Å²) in [5.41, 5.74) is 0. The van der Waals surface area contributed by atoms with Crippen LogP contribution in [0.2, 0.25) is 0 Å². The average Bonchev–Trinajstić information content (AvgIpc) is 3.05. The first kappa shape index (κ1) is 40.9. The smallest absolute Gasteiger partial charge is 0.220 e. The van der Waals surface area contributed by atoms with E-state index in [2.05, 4.69) is 19.2 Å². The van der Waals surface area contributed by atoms with E-state index < -0.39 is 86.8 Å². The molecule has 2 rings (SSSR count). The van der Waals surface area contributed by atoms with E-state index >= 15 is 0 Å². The van der Waals surface area contributed by atoms with Crippen molar-refractivity contribution in [3.05, 3.63) is 12.2 Å². The van der Waals surface area contributed by atoms with Crippen LogP contribution in [0.4, 0.5) is 0 Å². The molecule has 14 nitrogen and oxygen atoms in total. The molecule has 12 atom stereocenters. The second-order valence-corrected chi connectivity index (χ2v) is 12.3. The van der Waals surface area contributed by atoms with E-state index in [4.69, 9.17) is 18.9 Å². The Morgan fingerprint density at radius 1 is 0.761 bits per heavy atom. The number of carbonyl (C=O) groups is 1. The molecule has 0 aromatic rings. The molecule has 2 heterocycles. The summed E-state index contributed by atoms with van der Waals surface area (Å²) in [6.45, 7) is 2.55. The molecule has 12 unspecified atom stereocenters. The van der Waals surface area contributed by atoms with Gasteiger partial charge < -0.3 is 65.1 Å². The third kappa shape index (κ3) is 13.0. The molecule has 2 saturated heterocycles. The van der Waals surface area contributed by atoms with Gasteiger partial charge in [0.1, 0.15) is 48.8 Å². The van der Waals surface area contributed by atoms with Crippen molar-refractivity contribution in [3.8, 4) is 0 Å². The Hall–Kier alpha value is -1.27. The monoisotopic (exact) mass is 665 g/mol. The Morgan fingerprint density at radius 3 is 2.00 bits per heavy atom. The van der Waals surface area contributed by atoms with Crippen LogP contribution in [0.1, 0.15) is 90.9 Å². The maximum atomic E-state index is 12.8. The third-order valence-corrected chi connectivity index (χ3v) is 8.47. The number of ether oxygens (including phenoxy) is 4. The first-order valence-electron chi connectivity index (χ1n) is 16.9. The Balaban J connectivity index is 2.03. The van der Waals surface area contributed by atoms with Gasteiger partial charge in [-0.1, -0.05) is 77.4 Å². The number of rotatable bonds is 22. The van der Waals surface area contributed by atoms with E-state index in [1.165, 1.54) is 0 Å². The summed E-state index contributed by atoms with van der Waals surface area (Å²) < 4.78 is 22.3. The largest absolute Gasteiger partial charge is 0.394 e. The number of aliphatic hydroxyl groups excluding tert-OH is 8. The second-order valence-electron chi connectivity index (χ2n) is 12.3. The molecule has 1 amide bonds. The van der Waals surface area contributed by atoms with Gasteiger partial charge in [-0.15, -0.1) is 0 Å². The van der Waals surface area contributed by atoms with Gasteiger partial charge in [0.2, 0.25) is 5.91 Å². The van der Waals surface area contributed by atoms with E-state index in [1.54, 1.807) is 6.08 Å². The minimum Gasteiger partial charge on any atom is -0.394 e. The molecular formula is C32H59NO13. The van der Waals surface area contributed by atoms with Crippen molar-refractivity contribution >= 4 is 5.91 Å². The number of nitrogens with one attached hydrogen (secondary N) is 1. The number of unbranched alkanes of at least 4 members (excludes halogenated alkanes) is 9. The molecule has 0 aromatic heterocycles. The van der Waals surface area contributed by atoms with Gasteiger partial charge in [0.05, 0.1) is 32.0 Å². The number of carbonyl (C=O) groups excluding carboxylic acids is 1. The molecular weight excluding hydrogens is 606 g/mol. The highest BCUT2D eigenvalue weighted by atomic mass is 16.7. The van der Waals surface area contributed by atoms with Crippen molar-refractivity contribution in [1.82, 2.24) is 5.32 Å². The van der Waals surface area contributed by atoms with Crippen molar-refractivity contribution in [1.29, 1.82) is 0 Å². The summed E-state index contributed by atoms with van der Waals surface area (Å²) in [6, 6.07) is -0.900. The fraction of sp³-hybridized carbons (Fsp3) is 0.906. The number of amides is 1. The molecule has 0 bridgehead atoms. The van der Waals surface area contributed by atoms with E-state index in [9.17, 15) is 45.6 Å². The Morgan fingerprint density at radius 2 is 1.35 bits per heavy atom. The topological polar surface area (TPSA) is 228 Å². The predicted molar refractivity (Wildman–Crippen MR) is 166 cm³/mol. The molecule has 46 heavy (non-hydrogen) atoms. The summed E-state index contributed by atoms with van der Waals surface area (Å²) in [5.74, 6) is -0.258. The Kier molecular flexibility index (Phi) is 19.9. The number of aliphatic hydroxyl groups is 8. The van der Waals surface area contributed by atoms with E-state index in [0.717, 1.165) is 64.2 Å². The van der Waals surface area contributed by atoms with Crippen LogP contribution in [-0.4, -0.2) is 140 Å². The molecule has 0 spiro atoms. The summed E-state index contributed by atoms with van der Waals surface area (Å²) in [4.78, 5) is 12.8. The van der Waals surface area contributed by atoms with Gasteiger partial charge in [0, 0.05) is 6.42 Å². The lowest BCUT2D eigenvalue weighted by Gasteiger charge is -2.46. The van der Waals surface area contributed by atoms with Crippen LogP contribution >= 0.6 is 0 Å². The highest BCUT2D eigenvalue weighted by Gasteiger charge is 2.50. The molecule has 9 N–H and O–H groups in total. The molecule has 0 radical (unpaired) electrons. The van der Waals surface area contributed by atoms with E-state index in [-0.39, 0.29) is 18.9 Å². The zero-order chi connectivity index (χ0) is 34.1. The average molecular weight is 666 g/mol. The second kappa shape index (κ2) is 22.4. The minimum atomic E-state index is -1.78. The fourth-order valence-electron chi connectivity index (χ4n) is 5.52. The lowest BCUT2D eigenvalue weighted by atomic mass is 9.97. The number of hydrogen-bond acceptors (Lipinski definition) is 13. The van der Waals surface area contributed by atoms with Crippen LogP contribution < -0.4 is 5.32 Å². The van der Waals surface area contributed by atoms with Gasteiger partial charge in [0.25, 0.3) is 0 Å². The number of hydrogen-bond donors (Lipinski definition) is 9. The van der Waals surface area contributed by atoms with Crippen molar-refractivity contribution in [2.45, 2.75) is 164 Å². The molecule has 14 heteroatoms. The summed E-state index contributed by atoms with van der Waals surface area (Å²) in [5, 5.41) is 85.3. The zero-order valence-electron chi connectivity index (χ0n) is 27.3. The van der Waals surface area contributed by atoms with Gasteiger partial charge in [-0.3, -0.25) is 4.79 Å². The first-order valence-corrected chi connectivity index (χ1v) is 16.9. The molecule has 2 fully saturated rings. The van der Waals surface area contributed by atoms with Crippen LogP contribution in [0, 0.1) is 0 Å². The van der Waals surface area contributed by atoms with Crippen molar-refractivity contribution in [2.24, 2.45) is 0 Å². The van der Waals surface area contributed by atoms with Gasteiger partial charge in [-0.05, 0) is 19.3 Å². The van der Waals surface area contributed by atoms with Crippen LogP contribution in [0.25, 0.3) is 0 Å². The predicted octanol–water partition coefficient (Wildman–Crippen LogP) is -0.250. The standard InChI is InChI=1S/C32H59NO13/c1-3-5-7-9-11-13-15-21(36)20(33-24(37)16-14-12-10-8-6-4-2)19-43-31-29(42)27(40)30(23(18-35)45-31)46-32-28(41)26(39)25(38)22(17-34)44-32/h13,15,20-23,25-32,34-36,38-42H,3-12,14,16-19H2,1-2H3,(H,33,37)/b15-13+. The Bertz CT molecular complexity index is 847. The van der Waals surface area contributed by atoms with Crippen molar-refractivity contribution in [3.63, 3.8) is 0 Å². The van der Waals surface area contributed by atoms with Gasteiger partial charge in [-0.2, -0.15) is 0 Å². The summed E-state index contributed by atoms with van der Waals surface area (Å²) in [6.07, 6.45) is -2.07. The molecule has 270 valence electrons. The maximum Gasteiger partial charge on any atom is 0.220 e. The van der Waals surface area contributed by atoms with Gasteiger partial charge in [0.15, 0.2) is 12.6 Å². The molecule has 0 aliphatic carbocycles. The SMILES string of the molecule is CCCCCC/C=C/C(O)C(COC1OC(CO)C(OC2OC(CO)C(O)C(O)C2O)C(O)C1O)NC(=O)CCCCCCCC. The summed E-state index contributed by atoms with van der Waals surface area (Å²) in [7, 11) is 0. The van der Waals surface area contributed by atoms with Crippen molar-refractivity contribution in [2.75, 3.05) is 19.8 Å². The van der Waals surface area contributed by atoms with Crippen LogP contribution in [0.5, 0.6) is 0 Å². The molecule has 0 saturated carbocycles. The first-order chi connectivity index (χ1) is 22.1. The Labute approximate surface area is 272 Å². The maximum absolute atomic E-state index is 12.8. The van der Waals surface area contributed by atoms with Crippen LogP contribution in [0.15, 0.2) is 12.2 Å². The van der Waals surface area contributed by atoms with Gasteiger partial charge >= 0.3 is 0 Å². The molecule has 2 aliphatic rings. The summed E-state index contributed by atoms with van der Waals surface area (Å²) >= 11 is 0. The quantitative estimate of drug-likeness (QED) is 0.0538. The van der Waals surface area contributed by atoms with E-state index in [0.29, 0.717) is 6.42 Å².